The van der Waals surface area contributed by atoms with E-state index in [1.807, 2.05) is 55.1 Å². The zero-order valence-corrected chi connectivity index (χ0v) is 23.7. The van der Waals surface area contributed by atoms with Crippen molar-refractivity contribution in [2.45, 2.75) is 45.1 Å². The van der Waals surface area contributed by atoms with E-state index in [-0.39, 0.29) is 50.2 Å². The fraction of sp³-hybridized carbons (Fsp3) is 0.387. The first-order valence-corrected chi connectivity index (χ1v) is 14.0. The molecule has 0 unspecified atom stereocenters. The van der Waals surface area contributed by atoms with Crippen LogP contribution in [-0.4, -0.2) is 94.4 Å². The molecule has 5 rings (SSSR count). The molecule has 2 heterocycles. The highest BCUT2D eigenvalue weighted by molar-refractivity contribution is 5.92. The molecule has 216 valence electrons. The summed E-state index contributed by atoms with van der Waals surface area (Å²) in [5, 5.41) is 17.3. The van der Waals surface area contributed by atoms with E-state index >= 15 is 0 Å². The SMILES string of the molecule is CNC(=O)N(C(C)C)N1CC(=O)N2[C@@H](Cc3ccc(OCCO)cc3)C(=O)N(Cc3cccc4ccccc34)C[C@@H]21. The van der Waals surface area contributed by atoms with Gasteiger partial charge in [-0.05, 0) is 47.9 Å². The lowest BCUT2D eigenvalue weighted by Crippen LogP contribution is -2.66. The number of rotatable bonds is 9. The molecule has 0 spiro atoms. The summed E-state index contributed by atoms with van der Waals surface area (Å²) < 4.78 is 5.48. The predicted molar refractivity (Wildman–Crippen MR) is 155 cm³/mol. The number of benzene rings is 3. The number of amides is 4. The van der Waals surface area contributed by atoms with Crippen LogP contribution in [0.2, 0.25) is 0 Å². The van der Waals surface area contributed by atoms with Crippen LogP contribution in [0.1, 0.15) is 25.0 Å². The van der Waals surface area contributed by atoms with Crippen molar-refractivity contribution in [3.63, 3.8) is 0 Å². The van der Waals surface area contributed by atoms with Crippen LogP contribution in [-0.2, 0) is 22.6 Å². The molecule has 2 fully saturated rings. The van der Waals surface area contributed by atoms with Gasteiger partial charge in [-0.3, -0.25) is 14.6 Å². The van der Waals surface area contributed by atoms with Crippen LogP contribution in [0.4, 0.5) is 4.79 Å². The number of aliphatic hydroxyl groups excluding tert-OH is 1. The molecular weight excluding hydrogens is 522 g/mol. The van der Waals surface area contributed by atoms with E-state index in [9.17, 15) is 14.4 Å². The standard InChI is InChI=1S/C31H37N5O5/c1-21(2)36(31(40)32-3)34-20-29(38)35-27(17-22-11-13-25(14-12-22)41-16-15-37)30(39)33(19-28(34)35)18-24-9-6-8-23-7-4-5-10-26(23)24/h4-14,21,27-28,37H,15-20H2,1-3H3,(H,32,40)/t27-,28+/m0/s1. The lowest BCUT2D eigenvalue weighted by atomic mass is 9.99. The second kappa shape index (κ2) is 12.2. The molecule has 2 aliphatic heterocycles. The van der Waals surface area contributed by atoms with Gasteiger partial charge in [-0.15, -0.1) is 0 Å². The summed E-state index contributed by atoms with van der Waals surface area (Å²) >= 11 is 0. The molecule has 2 N–H and O–H groups in total. The van der Waals surface area contributed by atoms with Crippen molar-refractivity contribution in [1.82, 2.24) is 25.1 Å². The maximum absolute atomic E-state index is 14.1. The molecule has 2 atom stereocenters. The Labute approximate surface area is 240 Å². The number of hydrogen-bond acceptors (Lipinski definition) is 6. The van der Waals surface area contributed by atoms with Gasteiger partial charge in [0.2, 0.25) is 11.8 Å². The van der Waals surface area contributed by atoms with E-state index in [1.54, 1.807) is 34.1 Å². The summed E-state index contributed by atoms with van der Waals surface area (Å²) in [7, 11) is 1.57. The molecule has 10 nitrogen and oxygen atoms in total. The van der Waals surface area contributed by atoms with Gasteiger partial charge >= 0.3 is 6.03 Å². The molecule has 0 aliphatic carbocycles. The van der Waals surface area contributed by atoms with Gasteiger partial charge in [0.25, 0.3) is 0 Å². The average Bonchev–Trinajstić information content (AvgIpc) is 3.29. The molecule has 0 aromatic heterocycles. The van der Waals surface area contributed by atoms with E-state index in [1.165, 1.54) is 0 Å². The lowest BCUT2D eigenvalue weighted by Gasteiger charge is -2.47. The number of nitrogens with one attached hydrogen (secondary N) is 1. The Morgan fingerprint density at radius 3 is 2.51 bits per heavy atom. The van der Waals surface area contributed by atoms with Crippen LogP contribution in [0.5, 0.6) is 5.75 Å². The molecule has 0 radical (unpaired) electrons. The van der Waals surface area contributed by atoms with Gasteiger partial charge in [0.1, 0.15) is 24.6 Å². The summed E-state index contributed by atoms with van der Waals surface area (Å²) in [6.07, 6.45) is -0.171. The van der Waals surface area contributed by atoms with Crippen molar-refractivity contribution in [3.8, 4) is 5.75 Å². The Bertz CT molecular complexity index is 1410. The smallest absolute Gasteiger partial charge is 0.331 e. The number of ether oxygens (including phenoxy) is 1. The van der Waals surface area contributed by atoms with Crippen molar-refractivity contribution in [1.29, 1.82) is 0 Å². The second-order valence-corrected chi connectivity index (χ2v) is 10.7. The number of nitrogens with zero attached hydrogens (tertiary/aromatic N) is 4. The Morgan fingerprint density at radius 1 is 1.07 bits per heavy atom. The van der Waals surface area contributed by atoms with Crippen LogP contribution in [0.3, 0.4) is 0 Å². The van der Waals surface area contributed by atoms with Gasteiger partial charge < -0.3 is 25.0 Å². The molecule has 0 saturated carbocycles. The van der Waals surface area contributed by atoms with Gasteiger partial charge in [0.15, 0.2) is 0 Å². The van der Waals surface area contributed by atoms with Crippen molar-refractivity contribution < 1.29 is 24.2 Å². The highest BCUT2D eigenvalue weighted by atomic mass is 16.5. The van der Waals surface area contributed by atoms with E-state index in [2.05, 4.69) is 23.5 Å². The lowest BCUT2D eigenvalue weighted by molar-refractivity contribution is -0.158. The molecule has 2 aliphatic rings. The third-order valence-corrected chi connectivity index (χ3v) is 7.71. The zero-order valence-electron chi connectivity index (χ0n) is 23.7. The van der Waals surface area contributed by atoms with E-state index in [4.69, 9.17) is 9.84 Å². The van der Waals surface area contributed by atoms with Crippen molar-refractivity contribution >= 4 is 28.6 Å². The van der Waals surface area contributed by atoms with Crippen molar-refractivity contribution in [3.05, 3.63) is 77.9 Å². The molecule has 0 bridgehead atoms. The minimum absolute atomic E-state index is 0.0100. The summed E-state index contributed by atoms with van der Waals surface area (Å²) in [5.41, 5.74) is 1.90. The fourth-order valence-corrected chi connectivity index (χ4v) is 5.87. The second-order valence-electron chi connectivity index (χ2n) is 10.7. The van der Waals surface area contributed by atoms with Gasteiger partial charge in [0.05, 0.1) is 19.7 Å². The summed E-state index contributed by atoms with van der Waals surface area (Å²) in [5.74, 6) is 0.312. The predicted octanol–water partition coefficient (Wildman–Crippen LogP) is 2.60. The summed E-state index contributed by atoms with van der Waals surface area (Å²) in [6, 6.07) is 20.3. The summed E-state index contributed by atoms with van der Waals surface area (Å²) in [6.45, 7) is 4.60. The highest BCUT2D eigenvalue weighted by Gasteiger charge is 2.52. The van der Waals surface area contributed by atoms with E-state index in [0.717, 1.165) is 21.9 Å². The van der Waals surface area contributed by atoms with Crippen LogP contribution >= 0.6 is 0 Å². The number of hydrogen-bond donors (Lipinski definition) is 2. The maximum atomic E-state index is 14.1. The average molecular weight is 560 g/mol. The molecule has 41 heavy (non-hydrogen) atoms. The van der Waals surface area contributed by atoms with E-state index in [0.29, 0.717) is 18.7 Å². The van der Waals surface area contributed by atoms with Crippen LogP contribution < -0.4 is 10.1 Å². The van der Waals surface area contributed by atoms with Gasteiger partial charge in [-0.1, -0.05) is 54.6 Å². The number of hydrazine groups is 1. The van der Waals surface area contributed by atoms with Gasteiger partial charge in [-0.25, -0.2) is 4.79 Å². The molecule has 4 amide bonds. The molecule has 3 aromatic rings. The number of fused-ring (bicyclic) bond motifs is 2. The quantitative estimate of drug-likeness (QED) is 0.418. The normalized spacial score (nSPS) is 19.1. The largest absolute Gasteiger partial charge is 0.491 e. The Morgan fingerprint density at radius 2 is 1.80 bits per heavy atom. The molecule has 3 aromatic carbocycles. The Hall–Kier alpha value is -4.15. The zero-order chi connectivity index (χ0) is 29.1. The minimum Gasteiger partial charge on any atom is -0.491 e. The highest BCUT2D eigenvalue weighted by Crippen LogP contribution is 2.32. The fourth-order valence-electron chi connectivity index (χ4n) is 5.87. The van der Waals surface area contributed by atoms with Crippen LogP contribution in [0.15, 0.2) is 66.7 Å². The first-order chi connectivity index (χ1) is 19.8. The first kappa shape index (κ1) is 28.4. The third kappa shape index (κ3) is 5.71. The summed E-state index contributed by atoms with van der Waals surface area (Å²) in [4.78, 5) is 44.1. The van der Waals surface area contributed by atoms with Crippen LogP contribution in [0, 0.1) is 0 Å². The number of urea groups is 1. The first-order valence-electron chi connectivity index (χ1n) is 14.0. The van der Waals surface area contributed by atoms with Gasteiger partial charge in [-0.2, -0.15) is 5.01 Å². The number of aliphatic hydroxyl groups is 1. The maximum Gasteiger partial charge on any atom is 0.331 e. The third-order valence-electron chi connectivity index (χ3n) is 7.71. The Kier molecular flexibility index (Phi) is 8.41. The number of carbonyl (C=O) groups excluding carboxylic acids is 3. The molecular formula is C31H37N5O5. The van der Waals surface area contributed by atoms with Gasteiger partial charge in [0, 0.05) is 26.1 Å². The van der Waals surface area contributed by atoms with Crippen molar-refractivity contribution in [2.75, 3.05) is 33.4 Å². The topological polar surface area (TPSA) is 106 Å². The molecule has 10 heteroatoms. The number of piperazine rings is 1. The van der Waals surface area contributed by atoms with E-state index < -0.39 is 12.2 Å². The number of carbonyl (C=O) groups is 3. The Balaban J connectivity index is 1.49. The van der Waals surface area contributed by atoms with Crippen molar-refractivity contribution in [2.24, 2.45) is 0 Å². The monoisotopic (exact) mass is 559 g/mol. The van der Waals surface area contributed by atoms with Crippen LogP contribution in [0.25, 0.3) is 10.8 Å². The minimum atomic E-state index is -0.732. The molecule has 2 saturated heterocycles.